The Balaban J connectivity index is 2.40. The van der Waals surface area contributed by atoms with E-state index < -0.39 is 0 Å². The van der Waals surface area contributed by atoms with E-state index in [4.69, 9.17) is 5.73 Å². The Morgan fingerprint density at radius 1 is 1.44 bits per heavy atom. The molecule has 0 aliphatic heterocycles. The number of aromatic nitrogens is 2. The van der Waals surface area contributed by atoms with E-state index in [0.29, 0.717) is 0 Å². The average Bonchev–Trinajstić information content (AvgIpc) is 2.64. The fraction of sp³-hybridized carbons (Fsp3) is 0.500. The third-order valence-corrected chi connectivity index (χ3v) is 3.06. The molecule has 0 fully saturated rings. The Morgan fingerprint density at radius 3 is 2.89 bits per heavy atom. The molecule has 1 heterocycles. The molecule has 1 aromatic heterocycles. The molecule has 0 bridgehead atoms. The molecule has 0 aliphatic rings. The van der Waals surface area contributed by atoms with Gasteiger partial charge in [0.2, 0.25) is 0 Å². The zero-order valence-electron chi connectivity index (χ0n) is 11.0. The van der Waals surface area contributed by atoms with Crippen LogP contribution >= 0.6 is 0 Å². The molecule has 1 atom stereocenters. The van der Waals surface area contributed by atoms with Crippen molar-refractivity contribution in [2.24, 2.45) is 5.73 Å². The fourth-order valence-electron chi connectivity index (χ4n) is 2.17. The maximum absolute atomic E-state index is 13.2. The molecule has 98 valence electrons. The summed E-state index contributed by atoms with van der Waals surface area (Å²) in [7, 11) is 0. The molecule has 0 saturated heterocycles. The molecule has 1 unspecified atom stereocenters. The molecular formula is C14H20FN3. The number of aryl methyl sites for hydroxylation is 2. The van der Waals surface area contributed by atoms with Gasteiger partial charge in [-0.15, -0.1) is 0 Å². The zero-order chi connectivity index (χ0) is 13.1. The lowest BCUT2D eigenvalue weighted by Gasteiger charge is -2.08. The van der Waals surface area contributed by atoms with Crippen molar-refractivity contribution >= 4 is 11.0 Å². The summed E-state index contributed by atoms with van der Waals surface area (Å²) in [5.74, 6) is 0.775. The van der Waals surface area contributed by atoms with Crippen molar-refractivity contribution in [2.75, 3.05) is 0 Å². The highest BCUT2D eigenvalue weighted by Crippen LogP contribution is 2.19. The van der Waals surface area contributed by atoms with Crippen LogP contribution in [0.2, 0.25) is 0 Å². The van der Waals surface area contributed by atoms with Crippen LogP contribution in [0.3, 0.4) is 0 Å². The number of nitrogens with zero attached hydrogens (tertiary/aromatic N) is 2. The fourth-order valence-corrected chi connectivity index (χ4v) is 2.17. The van der Waals surface area contributed by atoms with Crippen molar-refractivity contribution < 1.29 is 4.39 Å². The van der Waals surface area contributed by atoms with E-state index in [1.807, 2.05) is 13.0 Å². The van der Waals surface area contributed by atoms with Gasteiger partial charge in [0.1, 0.15) is 11.6 Å². The van der Waals surface area contributed by atoms with Crippen LogP contribution in [0, 0.1) is 5.82 Å². The van der Waals surface area contributed by atoms with Crippen LogP contribution in [0.1, 0.15) is 32.5 Å². The van der Waals surface area contributed by atoms with Gasteiger partial charge in [-0.2, -0.15) is 0 Å². The largest absolute Gasteiger partial charge is 0.328 e. The summed E-state index contributed by atoms with van der Waals surface area (Å²) in [4.78, 5) is 4.53. The lowest BCUT2D eigenvalue weighted by molar-refractivity contribution is 0.601. The third kappa shape index (κ3) is 2.70. The van der Waals surface area contributed by atoms with Gasteiger partial charge in [-0.3, -0.25) is 0 Å². The predicted molar refractivity (Wildman–Crippen MR) is 72.0 cm³/mol. The topological polar surface area (TPSA) is 43.8 Å². The van der Waals surface area contributed by atoms with Crippen LogP contribution in [0.5, 0.6) is 0 Å². The minimum absolute atomic E-state index is 0.164. The van der Waals surface area contributed by atoms with Gasteiger partial charge in [-0.1, -0.05) is 6.92 Å². The Bertz CT molecular complexity index is 531. The molecule has 0 aliphatic carbocycles. The lowest BCUT2D eigenvalue weighted by atomic mass is 10.2. The standard InChI is InChI=1S/C14H20FN3/c1-3-8-18-13-6-5-11(15)9-12(13)17-14(18)7-4-10(2)16/h5-6,9-10H,3-4,7-8,16H2,1-2H3. The first-order chi connectivity index (χ1) is 8.61. The molecule has 18 heavy (non-hydrogen) atoms. The van der Waals surface area contributed by atoms with E-state index in [9.17, 15) is 4.39 Å². The SMILES string of the molecule is CCCn1c(CCC(C)N)nc2cc(F)ccc21. The molecule has 0 radical (unpaired) electrons. The first-order valence-electron chi connectivity index (χ1n) is 6.52. The third-order valence-electron chi connectivity index (χ3n) is 3.06. The number of hydrogen-bond donors (Lipinski definition) is 1. The van der Waals surface area contributed by atoms with E-state index >= 15 is 0 Å². The van der Waals surface area contributed by atoms with Crippen molar-refractivity contribution in [3.05, 3.63) is 29.8 Å². The van der Waals surface area contributed by atoms with Gasteiger partial charge in [0, 0.05) is 25.1 Å². The molecule has 2 rings (SSSR count). The van der Waals surface area contributed by atoms with Crippen LogP contribution in [0.4, 0.5) is 4.39 Å². The minimum atomic E-state index is -0.234. The van der Waals surface area contributed by atoms with Gasteiger partial charge in [-0.05, 0) is 31.9 Å². The van der Waals surface area contributed by atoms with E-state index in [1.54, 1.807) is 0 Å². The predicted octanol–water partition coefficient (Wildman–Crippen LogP) is 2.87. The van der Waals surface area contributed by atoms with E-state index in [2.05, 4.69) is 16.5 Å². The van der Waals surface area contributed by atoms with Gasteiger partial charge in [0.15, 0.2) is 0 Å². The second-order valence-electron chi connectivity index (χ2n) is 4.83. The number of hydrogen-bond acceptors (Lipinski definition) is 2. The Labute approximate surface area is 107 Å². The second-order valence-corrected chi connectivity index (χ2v) is 4.83. The lowest BCUT2D eigenvalue weighted by Crippen LogP contribution is -2.16. The molecule has 4 heteroatoms. The smallest absolute Gasteiger partial charge is 0.125 e. The highest BCUT2D eigenvalue weighted by molar-refractivity contribution is 5.76. The van der Waals surface area contributed by atoms with Crippen LogP contribution in [0.15, 0.2) is 18.2 Å². The van der Waals surface area contributed by atoms with Crippen LogP contribution in [-0.2, 0) is 13.0 Å². The summed E-state index contributed by atoms with van der Waals surface area (Å²) in [5.41, 5.74) is 7.54. The maximum atomic E-state index is 13.2. The molecule has 2 aromatic rings. The normalized spacial score (nSPS) is 13.1. The van der Waals surface area contributed by atoms with Gasteiger partial charge in [-0.25, -0.2) is 9.37 Å². The van der Waals surface area contributed by atoms with Crippen molar-refractivity contribution in [3.63, 3.8) is 0 Å². The number of benzene rings is 1. The average molecular weight is 249 g/mol. The number of nitrogens with two attached hydrogens (primary N) is 1. The quantitative estimate of drug-likeness (QED) is 0.885. The van der Waals surface area contributed by atoms with Crippen molar-refractivity contribution in [3.8, 4) is 0 Å². The van der Waals surface area contributed by atoms with Crippen LogP contribution < -0.4 is 5.73 Å². The maximum Gasteiger partial charge on any atom is 0.125 e. The van der Waals surface area contributed by atoms with Crippen LogP contribution in [0.25, 0.3) is 11.0 Å². The second kappa shape index (κ2) is 5.48. The number of halogens is 1. The summed E-state index contributed by atoms with van der Waals surface area (Å²) in [6.45, 7) is 5.04. The highest BCUT2D eigenvalue weighted by atomic mass is 19.1. The minimum Gasteiger partial charge on any atom is -0.328 e. The van der Waals surface area contributed by atoms with Gasteiger partial charge in [0.25, 0.3) is 0 Å². The van der Waals surface area contributed by atoms with E-state index in [0.717, 1.165) is 42.7 Å². The monoisotopic (exact) mass is 249 g/mol. The van der Waals surface area contributed by atoms with Gasteiger partial charge in [0.05, 0.1) is 11.0 Å². The van der Waals surface area contributed by atoms with Crippen molar-refractivity contribution in [2.45, 2.75) is 45.7 Å². The Morgan fingerprint density at radius 2 is 2.22 bits per heavy atom. The summed E-state index contributed by atoms with van der Waals surface area (Å²) in [6, 6.07) is 4.96. The summed E-state index contributed by atoms with van der Waals surface area (Å²) < 4.78 is 15.4. The molecule has 0 spiro atoms. The molecule has 2 N–H and O–H groups in total. The molecular weight excluding hydrogens is 229 g/mol. The number of rotatable bonds is 5. The van der Waals surface area contributed by atoms with Gasteiger partial charge < -0.3 is 10.3 Å². The molecule has 0 amide bonds. The number of fused-ring (bicyclic) bond motifs is 1. The zero-order valence-corrected chi connectivity index (χ0v) is 11.0. The Kier molecular flexibility index (Phi) is 3.97. The highest BCUT2D eigenvalue weighted by Gasteiger charge is 2.11. The van der Waals surface area contributed by atoms with Crippen molar-refractivity contribution in [1.82, 2.24) is 9.55 Å². The number of imidazole rings is 1. The van der Waals surface area contributed by atoms with Gasteiger partial charge >= 0.3 is 0 Å². The van der Waals surface area contributed by atoms with E-state index in [-0.39, 0.29) is 11.9 Å². The Hall–Kier alpha value is -1.42. The molecule has 3 nitrogen and oxygen atoms in total. The van der Waals surface area contributed by atoms with Crippen molar-refractivity contribution in [1.29, 1.82) is 0 Å². The molecule has 1 aromatic carbocycles. The first-order valence-corrected chi connectivity index (χ1v) is 6.52. The van der Waals surface area contributed by atoms with Crippen LogP contribution in [-0.4, -0.2) is 15.6 Å². The molecule has 0 saturated carbocycles. The summed E-state index contributed by atoms with van der Waals surface area (Å²) in [6.07, 6.45) is 2.78. The first kappa shape index (κ1) is 13.0. The summed E-state index contributed by atoms with van der Waals surface area (Å²) >= 11 is 0. The van der Waals surface area contributed by atoms with E-state index in [1.165, 1.54) is 12.1 Å². The summed E-state index contributed by atoms with van der Waals surface area (Å²) in [5, 5.41) is 0.